The second-order valence-electron chi connectivity index (χ2n) is 4.88. The molecular formula is C15H14ClF3N2. The minimum Gasteiger partial charge on any atom is -0.329 e. The number of alkyl halides is 3. The first kappa shape index (κ1) is 15.6. The Morgan fingerprint density at radius 2 is 1.76 bits per heavy atom. The van der Waals surface area contributed by atoms with Crippen molar-refractivity contribution in [3.05, 3.63) is 52.2 Å². The van der Waals surface area contributed by atoms with Crippen LogP contribution in [0.4, 0.5) is 24.7 Å². The van der Waals surface area contributed by atoms with Crippen molar-refractivity contribution in [1.29, 1.82) is 0 Å². The van der Waals surface area contributed by atoms with Gasteiger partial charge in [0.2, 0.25) is 0 Å². The minimum atomic E-state index is -4.45. The number of aromatic nitrogens is 1. The second kappa shape index (κ2) is 5.56. The Morgan fingerprint density at radius 1 is 1.10 bits per heavy atom. The van der Waals surface area contributed by atoms with Crippen molar-refractivity contribution in [3.8, 4) is 0 Å². The van der Waals surface area contributed by atoms with Crippen LogP contribution in [0.3, 0.4) is 0 Å². The number of aryl methyl sites for hydroxylation is 2. The SMILES string of the molecule is Cc1ccc(N(C)c2cc(C(F)(F)F)cc(Cl)n2)c(C)c1. The molecule has 21 heavy (non-hydrogen) atoms. The molecule has 1 heterocycles. The van der Waals surface area contributed by atoms with Gasteiger partial charge in [-0.25, -0.2) is 4.98 Å². The maximum absolute atomic E-state index is 12.8. The highest BCUT2D eigenvalue weighted by Gasteiger charge is 2.32. The van der Waals surface area contributed by atoms with Crippen LogP contribution < -0.4 is 4.90 Å². The standard InChI is InChI=1S/C15H14ClF3N2/c1-9-4-5-12(10(2)6-9)21(3)14-8-11(15(17,18)19)7-13(16)20-14/h4-8H,1-3H3. The second-order valence-corrected chi connectivity index (χ2v) is 5.27. The first-order chi connectivity index (χ1) is 9.68. The molecule has 0 aliphatic rings. The number of nitrogens with zero attached hydrogens (tertiary/aromatic N) is 2. The summed E-state index contributed by atoms with van der Waals surface area (Å²) in [6, 6.07) is 7.52. The number of rotatable bonds is 2. The fraction of sp³-hybridized carbons (Fsp3) is 0.267. The Kier molecular flexibility index (Phi) is 4.14. The Bertz CT molecular complexity index is 668. The Balaban J connectivity index is 2.48. The molecule has 1 aromatic heterocycles. The average Bonchev–Trinajstić information content (AvgIpc) is 2.36. The maximum Gasteiger partial charge on any atom is 0.416 e. The molecule has 2 nitrogen and oxygen atoms in total. The third-order valence-electron chi connectivity index (χ3n) is 3.17. The van der Waals surface area contributed by atoms with Gasteiger partial charge in [0.25, 0.3) is 0 Å². The van der Waals surface area contributed by atoms with Crippen molar-refractivity contribution in [2.24, 2.45) is 0 Å². The van der Waals surface area contributed by atoms with Crippen LogP contribution in [0, 0.1) is 13.8 Å². The van der Waals surface area contributed by atoms with Gasteiger partial charge in [-0.2, -0.15) is 13.2 Å². The van der Waals surface area contributed by atoms with Crippen LogP contribution in [0.5, 0.6) is 0 Å². The molecule has 0 fully saturated rings. The Morgan fingerprint density at radius 3 is 2.33 bits per heavy atom. The smallest absolute Gasteiger partial charge is 0.329 e. The summed E-state index contributed by atoms with van der Waals surface area (Å²) in [7, 11) is 1.66. The monoisotopic (exact) mass is 314 g/mol. The highest BCUT2D eigenvalue weighted by Crippen LogP contribution is 2.34. The van der Waals surface area contributed by atoms with Crippen molar-refractivity contribution < 1.29 is 13.2 Å². The molecular weight excluding hydrogens is 301 g/mol. The van der Waals surface area contributed by atoms with E-state index in [1.807, 2.05) is 32.0 Å². The molecule has 0 atom stereocenters. The normalized spacial score (nSPS) is 11.6. The summed E-state index contributed by atoms with van der Waals surface area (Å²) < 4.78 is 38.5. The van der Waals surface area contributed by atoms with Gasteiger partial charge < -0.3 is 4.90 Å². The predicted molar refractivity (Wildman–Crippen MR) is 78.2 cm³/mol. The van der Waals surface area contributed by atoms with E-state index >= 15 is 0 Å². The van der Waals surface area contributed by atoms with E-state index in [1.54, 1.807) is 11.9 Å². The molecule has 0 aliphatic heterocycles. The molecule has 0 N–H and O–H groups in total. The van der Waals surface area contributed by atoms with Crippen LogP contribution >= 0.6 is 11.6 Å². The summed E-state index contributed by atoms with van der Waals surface area (Å²) in [6.45, 7) is 3.85. The molecule has 0 bridgehead atoms. The zero-order valence-corrected chi connectivity index (χ0v) is 12.5. The first-order valence-electron chi connectivity index (χ1n) is 6.24. The van der Waals surface area contributed by atoms with Gasteiger partial charge >= 0.3 is 6.18 Å². The van der Waals surface area contributed by atoms with E-state index < -0.39 is 11.7 Å². The Labute approximate surface area is 126 Å². The molecule has 112 valence electrons. The molecule has 2 aromatic rings. The third kappa shape index (κ3) is 3.47. The number of halogens is 4. The summed E-state index contributed by atoms with van der Waals surface area (Å²) in [6.07, 6.45) is -4.45. The van der Waals surface area contributed by atoms with Crippen LogP contribution in [0.2, 0.25) is 5.15 Å². The van der Waals surface area contributed by atoms with Gasteiger partial charge in [-0.15, -0.1) is 0 Å². The topological polar surface area (TPSA) is 16.1 Å². The van der Waals surface area contributed by atoms with Gasteiger partial charge in [0.1, 0.15) is 11.0 Å². The van der Waals surface area contributed by atoms with Gasteiger partial charge in [0.15, 0.2) is 0 Å². The van der Waals surface area contributed by atoms with E-state index in [0.717, 1.165) is 28.9 Å². The van der Waals surface area contributed by atoms with Gasteiger partial charge in [0.05, 0.1) is 5.56 Å². The highest BCUT2D eigenvalue weighted by molar-refractivity contribution is 6.29. The van der Waals surface area contributed by atoms with E-state index in [2.05, 4.69) is 4.98 Å². The summed E-state index contributed by atoms with van der Waals surface area (Å²) in [5.74, 6) is 0.154. The first-order valence-corrected chi connectivity index (χ1v) is 6.62. The number of hydrogen-bond donors (Lipinski definition) is 0. The maximum atomic E-state index is 12.8. The van der Waals surface area contributed by atoms with Crippen LogP contribution in [0.25, 0.3) is 0 Å². The van der Waals surface area contributed by atoms with Crippen molar-refractivity contribution in [3.63, 3.8) is 0 Å². The largest absolute Gasteiger partial charge is 0.416 e. The average molecular weight is 315 g/mol. The van der Waals surface area contributed by atoms with E-state index in [9.17, 15) is 13.2 Å². The molecule has 0 spiro atoms. The lowest BCUT2D eigenvalue weighted by atomic mass is 10.1. The number of hydrogen-bond acceptors (Lipinski definition) is 2. The van der Waals surface area contributed by atoms with Crippen molar-refractivity contribution >= 4 is 23.1 Å². The summed E-state index contributed by atoms with van der Waals surface area (Å²) in [5, 5.41) is -0.184. The molecule has 1 aromatic carbocycles. The quantitative estimate of drug-likeness (QED) is 0.714. The number of benzene rings is 1. The zero-order valence-electron chi connectivity index (χ0n) is 11.8. The van der Waals surface area contributed by atoms with Gasteiger partial charge in [-0.3, -0.25) is 0 Å². The van der Waals surface area contributed by atoms with Crippen molar-refractivity contribution in [2.75, 3.05) is 11.9 Å². The fourth-order valence-corrected chi connectivity index (χ4v) is 2.33. The van der Waals surface area contributed by atoms with Gasteiger partial charge in [-0.1, -0.05) is 29.3 Å². The van der Waals surface area contributed by atoms with E-state index in [4.69, 9.17) is 11.6 Å². The number of anilines is 2. The summed E-state index contributed by atoms with van der Waals surface area (Å²) in [4.78, 5) is 5.57. The molecule has 0 amide bonds. The number of pyridine rings is 1. The molecule has 0 saturated heterocycles. The van der Waals surface area contributed by atoms with E-state index in [-0.39, 0.29) is 11.0 Å². The lowest BCUT2D eigenvalue weighted by Gasteiger charge is -2.22. The molecule has 0 unspecified atom stereocenters. The van der Waals surface area contributed by atoms with E-state index in [1.165, 1.54) is 0 Å². The summed E-state index contributed by atoms with van der Waals surface area (Å²) in [5.41, 5.74) is 2.00. The van der Waals surface area contributed by atoms with Crippen LogP contribution in [-0.2, 0) is 6.18 Å². The van der Waals surface area contributed by atoms with Crippen molar-refractivity contribution in [1.82, 2.24) is 4.98 Å². The minimum absolute atomic E-state index is 0.154. The Hall–Kier alpha value is -1.75. The molecule has 0 radical (unpaired) electrons. The zero-order chi connectivity index (χ0) is 15.8. The summed E-state index contributed by atoms with van der Waals surface area (Å²) >= 11 is 5.71. The predicted octanol–water partition coefficient (Wildman–Crippen LogP) is 5.14. The van der Waals surface area contributed by atoms with E-state index in [0.29, 0.717) is 0 Å². The third-order valence-corrected chi connectivity index (χ3v) is 3.36. The van der Waals surface area contributed by atoms with Crippen molar-refractivity contribution in [2.45, 2.75) is 20.0 Å². The lowest BCUT2D eigenvalue weighted by Crippen LogP contribution is -2.15. The van der Waals surface area contributed by atoms with Crippen LogP contribution in [0.1, 0.15) is 16.7 Å². The molecule has 0 aliphatic carbocycles. The van der Waals surface area contributed by atoms with Gasteiger partial charge in [-0.05, 0) is 37.6 Å². The van der Waals surface area contributed by atoms with Crippen LogP contribution in [0.15, 0.2) is 30.3 Å². The van der Waals surface area contributed by atoms with Gasteiger partial charge in [0, 0.05) is 12.7 Å². The van der Waals surface area contributed by atoms with Crippen LogP contribution in [-0.4, -0.2) is 12.0 Å². The highest BCUT2D eigenvalue weighted by atomic mass is 35.5. The fourth-order valence-electron chi connectivity index (χ4n) is 2.12. The molecule has 2 rings (SSSR count). The molecule has 0 saturated carbocycles. The lowest BCUT2D eigenvalue weighted by molar-refractivity contribution is -0.137. The molecule has 6 heteroatoms.